The van der Waals surface area contributed by atoms with E-state index in [-0.39, 0.29) is 6.04 Å². The molecule has 0 aromatic heterocycles. The molecule has 0 bridgehead atoms. The third-order valence-electron chi connectivity index (χ3n) is 2.78. The molecule has 0 unspecified atom stereocenters. The van der Waals surface area contributed by atoms with Crippen molar-refractivity contribution in [2.75, 3.05) is 0 Å². The van der Waals surface area contributed by atoms with Gasteiger partial charge in [0, 0.05) is 16.6 Å². The molecule has 0 spiro atoms. The molecule has 2 N–H and O–H groups in total. The lowest BCUT2D eigenvalue weighted by Crippen LogP contribution is -2.09. The molecular formula is C15H16ClNO. The molecule has 94 valence electrons. The first kappa shape index (κ1) is 12.9. The summed E-state index contributed by atoms with van der Waals surface area (Å²) in [5, 5.41) is 0.657. The van der Waals surface area contributed by atoms with Crippen LogP contribution < -0.4 is 10.5 Å². The van der Waals surface area contributed by atoms with Gasteiger partial charge in [0.05, 0.1) is 0 Å². The van der Waals surface area contributed by atoms with E-state index in [9.17, 15) is 0 Å². The lowest BCUT2D eigenvalue weighted by Gasteiger charge is -2.15. The fourth-order valence-corrected chi connectivity index (χ4v) is 1.94. The maximum Gasteiger partial charge on any atom is 0.132 e. The van der Waals surface area contributed by atoms with Crippen LogP contribution in [-0.4, -0.2) is 0 Å². The van der Waals surface area contributed by atoms with Crippen LogP contribution in [0.1, 0.15) is 24.9 Å². The van der Waals surface area contributed by atoms with Gasteiger partial charge in [0.25, 0.3) is 0 Å². The number of rotatable bonds is 4. The maximum absolute atomic E-state index is 6.07. The molecule has 2 rings (SSSR count). The van der Waals surface area contributed by atoms with Crippen molar-refractivity contribution in [2.24, 2.45) is 5.73 Å². The summed E-state index contributed by atoms with van der Waals surface area (Å²) in [4.78, 5) is 0. The van der Waals surface area contributed by atoms with Gasteiger partial charge in [0.15, 0.2) is 0 Å². The average molecular weight is 262 g/mol. The molecule has 2 nitrogen and oxygen atoms in total. The second-order valence-corrected chi connectivity index (χ2v) is 4.55. The van der Waals surface area contributed by atoms with Crippen LogP contribution in [0.3, 0.4) is 0 Å². The van der Waals surface area contributed by atoms with Crippen molar-refractivity contribution in [3.63, 3.8) is 0 Å². The van der Waals surface area contributed by atoms with Crippen molar-refractivity contribution in [2.45, 2.75) is 19.4 Å². The number of halogens is 1. The molecule has 2 aromatic carbocycles. The van der Waals surface area contributed by atoms with Crippen LogP contribution in [0.2, 0.25) is 5.02 Å². The molecule has 0 heterocycles. The van der Waals surface area contributed by atoms with Gasteiger partial charge in [-0.15, -0.1) is 0 Å². The summed E-state index contributed by atoms with van der Waals surface area (Å²) in [5.41, 5.74) is 7.09. The van der Waals surface area contributed by atoms with Crippen LogP contribution in [0.15, 0.2) is 48.5 Å². The summed E-state index contributed by atoms with van der Waals surface area (Å²) in [6.07, 6.45) is 0.871. The predicted octanol–water partition coefficient (Wildman–Crippen LogP) is 4.54. The molecular weight excluding hydrogens is 246 g/mol. The lowest BCUT2D eigenvalue weighted by molar-refractivity contribution is 0.469. The molecule has 0 saturated carbocycles. The van der Waals surface area contributed by atoms with Crippen LogP contribution in [-0.2, 0) is 0 Å². The van der Waals surface area contributed by atoms with Crippen molar-refractivity contribution in [1.82, 2.24) is 0 Å². The van der Waals surface area contributed by atoms with Crippen LogP contribution in [0.25, 0.3) is 0 Å². The van der Waals surface area contributed by atoms with Crippen LogP contribution in [0.4, 0.5) is 0 Å². The third-order valence-corrected chi connectivity index (χ3v) is 3.02. The fourth-order valence-electron chi connectivity index (χ4n) is 1.76. The number of hydrogen-bond acceptors (Lipinski definition) is 2. The van der Waals surface area contributed by atoms with Crippen molar-refractivity contribution < 1.29 is 4.74 Å². The molecule has 3 heteroatoms. The summed E-state index contributed by atoms with van der Waals surface area (Å²) < 4.78 is 5.85. The van der Waals surface area contributed by atoms with Gasteiger partial charge in [-0.05, 0) is 30.7 Å². The third kappa shape index (κ3) is 3.03. The highest BCUT2D eigenvalue weighted by Crippen LogP contribution is 2.30. The molecule has 0 aliphatic heterocycles. The van der Waals surface area contributed by atoms with Crippen molar-refractivity contribution >= 4 is 11.6 Å². The molecule has 18 heavy (non-hydrogen) atoms. The summed E-state index contributed by atoms with van der Waals surface area (Å²) in [6.45, 7) is 2.06. The Kier molecular flexibility index (Phi) is 4.24. The Bertz CT molecular complexity index is 527. The van der Waals surface area contributed by atoms with Gasteiger partial charge in [-0.2, -0.15) is 0 Å². The van der Waals surface area contributed by atoms with Gasteiger partial charge in [-0.3, -0.25) is 0 Å². The molecule has 0 saturated heterocycles. The minimum absolute atomic E-state index is 0.0135. The largest absolute Gasteiger partial charge is 0.457 e. The molecule has 0 fully saturated rings. The van der Waals surface area contributed by atoms with E-state index < -0.39 is 0 Å². The van der Waals surface area contributed by atoms with Crippen LogP contribution in [0, 0.1) is 0 Å². The molecule has 2 aromatic rings. The quantitative estimate of drug-likeness (QED) is 0.877. The Balaban J connectivity index is 2.29. The first-order chi connectivity index (χ1) is 8.70. The molecule has 0 aliphatic rings. The van der Waals surface area contributed by atoms with Crippen molar-refractivity contribution in [1.29, 1.82) is 0 Å². The minimum atomic E-state index is -0.0135. The SMILES string of the molecule is CC[C@H](N)c1ccccc1Oc1cccc(Cl)c1. The lowest BCUT2D eigenvalue weighted by atomic mass is 10.0. The Hall–Kier alpha value is -1.51. The Morgan fingerprint density at radius 1 is 1.17 bits per heavy atom. The van der Waals surface area contributed by atoms with E-state index in [1.54, 1.807) is 6.07 Å². The number of nitrogens with two attached hydrogens (primary N) is 1. The zero-order chi connectivity index (χ0) is 13.0. The average Bonchev–Trinajstić information content (AvgIpc) is 2.38. The Morgan fingerprint density at radius 3 is 2.67 bits per heavy atom. The maximum atomic E-state index is 6.07. The van der Waals surface area contributed by atoms with E-state index >= 15 is 0 Å². The molecule has 0 radical (unpaired) electrons. The van der Waals surface area contributed by atoms with Crippen LogP contribution in [0.5, 0.6) is 11.5 Å². The normalized spacial score (nSPS) is 12.2. The molecule has 0 amide bonds. The first-order valence-corrected chi connectivity index (χ1v) is 6.36. The second-order valence-electron chi connectivity index (χ2n) is 4.11. The number of benzene rings is 2. The summed E-state index contributed by atoms with van der Waals surface area (Å²) in [5.74, 6) is 1.51. The fraction of sp³-hybridized carbons (Fsp3) is 0.200. The molecule has 1 atom stereocenters. The van der Waals surface area contributed by atoms with Gasteiger partial charge >= 0.3 is 0 Å². The van der Waals surface area contributed by atoms with Gasteiger partial charge in [0.2, 0.25) is 0 Å². The standard InChI is InChI=1S/C15H16ClNO/c1-2-14(17)13-8-3-4-9-15(13)18-12-7-5-6-11(16)10-12/h3-10,14H,2,17H2,1H3/t14-/m0/s1. The van der Waals surface area contributed by atoms with E-state index in [1.165, 1.54) is 0 Å². The van der Waals surface area contributed by atoms with E-state index in [0.29, 0.717) is 5.02 Å². The van der Waals surface area contributed by atoms with Crippen molar-refractivity contribution in [3.8, 4) is 11.5 Å². The predicted molar refractivity (Wildman–Crippen MR) is 75.2 cm³/mol. The van der Waals surface area contributed by atoms with E-state index in [2.05, 4.69) is 6.92 Å². The summed E-state index contributed by atoms with van der Waals surface area (Å²) in [7, 11) is 0. The highest BCUT2D eigenvalue weighted by atomic mass is 35.5. The summed E-state index contributed by atoms with van der Waals surface area (Å²) in [6, 6.07) is 15.1. The summed E-state index contributed by atoms with van der Waals surface area (Å²) >= 11 is 5.94. The topological polar surface area (TPSA) is 35.2 Å². The van der Waals surface area contributed by atoms with Gasteiger partial charge in [0.1, 0.15) is 11.5 Å². The molecule has 0 aliphatic carbocycles. The zero-order valence-electron chi connectivity index (χ0n) is 10.3. The highest BCUT2D eigenvalue weighted by Gasteiger charge is 2.10. The number of hydrogen-bond donors (Lipinski definition) is 1. The van der Waals surface area contributed by atoms with Gasteiger partial charge in [-0.25, -0.2) is 0 Å². The van der Waals surface area contributed by atoms with Crippen LogP contribution >= 0.6 is 11.6 Å². The second kappa shape index (κ2) is 5.89. The number of ether oxygens (including phenoxy) is 1. The Labute approximate surface area is 112 Å². The minimum Gasteiger partial charge on any atom is -0.457 e. The number of para-hydroxylation sites is 1. The van der Waals surface area contributed by atoms with Crippen molar-refractivity contribution in [3.05, 3.63) is 59.1 Å². The van der Waals surface area contributed by atoms with E-state index in [0.717, 1.165) is 23.5 Å². The first-order valence-electron chi connectivity index (χ1n) is 5.98. The van der Waals surface area contributed by atoms with E-state index in [4.69, 9.17) is 22.1 Å². The van der Waals surface area contributed by atoms with Gasteiger partial charge < -0.3 is 10.5 Å². The zero-order valence-corrected chi connectivity index (χ0v) is 11.0. The monoisotopic (exact) mass is 261 g/mol. The van der Waals surface area contributed by atoms with E-state index in [1.807, 2.05) is 42.5 Å². The Morgan fingerprint density at radius 2 is 1.94 bits per heavy atom. The van der Waals surface area contributed by atoms with Gasteiger partial charge in [-0.1, -0.05) is 42.8 Å². The highest BCUT2D eigenvalue weighted by molar-refractivity contribution is 6.30. The smallest absolute Gasteiger partial charge is 0.132 e.